The van der Waals surface area contributed by atoms with Gasteiger partial charge in [-0.25, -0.2) is 0 Å². The molecule has 0 radical (unpaired) electrons. The van der Waals surface area contributed by atoms with Gasteiger partial charge in [0.2, 0.25) is 5.91 Å². The molecule has 0 aliphatic heterocycles. The van der Waals surface area contributed by atoms with Crippen LogP contribution in [0.1, 0.15) is 43.7 Å². The van der Waals surface area contributed by atoms with Crippen LogP contribution in [0.15, 0.2) is 18.2 Å². The number of fused-ring (bicyclic) bond motifs is 1. The van der Waals surface area contributed by atoms with Crippen molar-refractivity contribution in [1.82, 2.24) is 0 Å². The summed E-state index contributed by atoms with van der Waals surface area (Å²) in [4.78, 5) is 12.6. The van der Waals surface area contributed by atoms with Crippen LogP contribution in [0.2, 0.25) is 0 Å². The molecule has 3 rings (SSSR count). The lowest BCUT2D eigenvalue weighted by molar-refractivity contribution is -0.132. The van der Waals surface area contributed by atoms with Crippen LogP contribution in [-0.2, 0) is 17.6 Å². The van der Waals surface area contributed by atoms with E-state index in [1.807, 2.05) is 6.07 Å². The zero-order valence-corrected chi connectivity index (χ0v) is 12.2. The van der Waals surface area contributed by atoms with E-state index >= 15 is 0 Å². The van der Waals surface area contributed by atoms with Gasteiger partial charge < -0.3 is 11.1 Å². The molecular formula is C17H24N2O. The summed E-state index contributed by atoms with van der Waals surface area (Å²) in [5.41, 5.74) is 9.29. The molecule has 1 amide bonds. The van der Waals surface area contributed by atoms with Crippen LogP contribution < -0.4 is 11.1 Å². The molecule has 0 aromatic heterocycles. The van der Waals surface area contributed by atoms with E-state index in [1.54, 1.807) is 0 Å². The van der Waals surface area contributed by atoms with Crippen molar-refractivity contribution in [1.29, 1.82) is 0 Å². The van der Waals surface area contributed by atoms with Crippen LogP contribution in [-0.4, -0.2) is 12.5 Å². The number of carbonyl (C=O) groups excluding carboxylic acids is 1. The minimum Gasteiger partial charge on any atom is -0.329 e. The van der Waals surface area contributed by atoms with Gasteiger partial charge in [-0.05, 0) is 61.6 Å². The standard InChI is InChI=1S/C17H24N2O/c1-12-9-17(10-12,11-18)16(20)19-15-8-4-6-13-5-2-3-7-14(13)15/h4,6,8,12H,2-3,5,7,9-11,18H2,1H3,(H,19,20). The van der Waals surface area contributed by atoms with Crippen molar-refractivity contribution in [2.24, 2.45) is 17.1 Å². The first-order valence-corrected chi connectivity index (χ1v) is 7.77. The van der Waals surface area contributed by atoms with E-state index in [0.717, 1.165) is 31.4 Å². The molecule has 3 N–H and O–H groups in total. The first kappa shape index (κ1) is 13.6. The number of hydrogen-bond acceptors (Lipinski definition) is 2. The summed E-state index contributed by atoms with van der Waals surface area (Å²) in [6.45, 7) is 2.64. The van der Waals surface area contributed by atoms with Crippen molar-refractivity contribution in [3.63, 3.8) is 0 Å². The highest BCUT2D eigenvalue weighted by Crippen LogP contribution is 2.45. The van der Waals surface area contributed by atoms with Crippen molar-refractivity contribution < 1.29 is 4.79 Å². The normalized spacial score (nSPS) is 28.4. The second-order valence-electron chi connectivity index (χ2n) is 6.60. The average Bonchev–Trinajstić information content (AvgIpc) is 2.44. The lowest BCUT2D eigenvalue weighted by Crippen LogP contribution is -2.51. The first-order chi connectivity index (χ1) is 9.64. The Bertz CT molecular complexity index is 518. The van der Waals surface area contributed by atoms with Gasteiger partial charge in [0.25, 0.3) is 0 Å². The Morgan fingerprint density at radius 2 is 2.10 bits per heavy atom. The molecule has 20 heavy (non-hydrogen) atoms. The Labute approximate surface area is 120 Å². The highest BCUT2D eigenvalue weighted by atomic mass is 16.2. The lowest BCUT2D eigenvalue weighted by atomic mass is 9.62. The summed E-state index contributed by atoms with van der Waals surface area (Å²) in [7, 11) is 0. The number of carbonyl (C=O) groups is 1. The third-order valence-electron chi connectivity index (χ3n) is 4.99. The van der Waals surface area contributed by atoms with Crippen LogP contribution in [0.3, 0.4) is 0 Å². The van der Waals surface area contributed by atoms with Crippen LogP contribution >= 0.6 is 0 Å². The van der Waals surface area contributed by atoms with E-state index < -0.39 is 0 Å². The Morgan fingerprint density at radius 3 is 2.80 bits per heavy atom. The number of benzene rings is 1. The van der Waals surface area contributed by atoms with E-state index in [2.05, 4.69) is 24.4 Å². The molecular weight excluding hydrogens is 248 g/mol. The molecule has 0 spiro atoms. The van der Waals surface area contributed by atoms with E-state index in [1.165, 1.54) is 24.0 Å². The van der Waals surface area contributed by atoms with E-state index in [9.17, 15) is 4.79 Å². The zero-order valence-electron chi connectivity index (χ0n) is 12.2. The second-order valence-corrected chi connectivity index (χ2v) is 6.60. The molecule has 0 atom stereocenters. The van der Waals surface area contributed by atoms with Gasteiger partial charge in [0.1, 0.15) is 0 Å². The van der Waals surface area contributed by atoms with Crippen LogP contribution in [0.25, 0.3) is 0 Å². The van der Waals surface area contributed by atoms with Crippen molar-refractivity contribution in [3.8, 4) is 0 Å². The number of aryl methyl sites for hydroxylation is 1. The smallest absolute Gasteiger partial charge is 0.231 e. The summed E-state index contributed by atoms with van der Waals surface area (Å²) < 4.78 is 0. The van der Waals surface area contributed by atoms with Crippen molar-refractivity contribution in [3.05, 3.63) is 29.3 Å². The summed E-state index contributed by atoms with van der Waals surface area (Å²) in [6.07, 6.45) is 6.54. The van der Waals surface area contributed by atoms with Gasteiger partial charge in [0.15, 0.2) is 0 Å². The van der Waals surface area contributed by atoms with Crippen LogP contribution in [0, 0.1) is 11.3 Å². The maximum absolute atomic E-state index is 12.6. The Morgan fingerprint density at radius 1 is 1.35 bits per heavy atom. The quantitative estimate of drug-likeness (QED) is 0.889. The maximum atomic E-state index is 12.6. The molecule has 1 fully saturated rings. The van der Waals surface area contributed by atoms with Crippen molar-refractivity contribution >= 4 is 11.6 Å². The monoisotopic (exact) mass is 272 g/mol. The number of amides is 1. The molecule has 1 saturated carbocycles. The molecule has 108 valence electrons. The Kier molecular flexibility index (Phi) is 3.55. The third-order valence-corrected chi connectivity index (χ3v) is 4.99. The number of hydrogen-bond donors (Lipinski definition) is 2. The maximum Gasteiger partial charge on any atom is 0.231 e. The first-order valence-electron chi connectivity index (χ1n) is 7.77. The predicted molar refractivity (Wildman–Crippen MR) is 81.6 cm³/mol. The molecule has 2 aliphatic rings. The zero-order chi connectivity index (χ0) is 14.2. The number of anilines is 1. The van der Waals surface area contributed by atoms with Gasteiger partial charge in [-0.2, -0.15) is 0 Å². The van der Waals surface area contributed by atoms with Gasteiger partial charge in [-0.15, -0.1) is 0 Å². The molecule has 2 aliphatic carbocycles. The molecule has 1 aromatic carbocycles. The highest BCUT2D eigenvalue weighted by Gasteiger charge is 2.47. The average molecular weight is 272 g/mol. The summed E-state index contributed by atoms with van der Waals surface area (Å²) in [5.74, 6) is 0.742. The van der Waals surface area contributed by atoms with Gasteiger partial charge in [0, 0.05) is 12.2 Å². The minimum atomic E-state index is -0.323. The van der Waals surface area contributed by atoms with Crippen molar-refractivity contribution in [2.45, 2.75) is 45.4 Å². The van der Waals surface area contributed by atoms with E-state index in [4.69, 9.17) is 5.73 Å². The van der Waals surface area contributed by atoms with Gasteiger partial charge in [-0.3, -0.25) is 4.79 Å². The molecule has 3 heteroatoms. The Hall–Kier alpha value is -1.35. The molecule has 0 saturated heterocycles. The summed E-state index contributed by atoms with van der Waals surface area (Å²) in [5, 5.41) is 3.17. The molecule has 0 unspecified atom stereocenters. The van der Waals surface area contributed by atoms with Crippen LogP contribution in [0.5, 0.6) is 0 Å². The van der Waals surface area contributed by atoms with E-state index in [-0.39, 0.29) is 11.3 Å². The number of nitrogens with two attached hydrogens (primary N) is 1. The number of nitrogens with one attached hydrogen (secondary N) is 1. The Balaban J connectivity index is 1.80. The largest absolute Gasteiger partial charge is 0.329 e. The predicted octanol–water partition coefficient (Wildman–Crippen LogP) is 2.88. The van der Waals surface area contributed by atoms with Gasteiger partial charge >= 0.3 is 0 Å². The third kappa shape index (κ3) is 2.24. The lowest BCUT2D eigenvalue weighted by Gasteiger charge is -2.44. The topological polar surface area (TPSA) is 55.1 Å². The van der Waals surface area contributed by atoms with Gasteiger partial charge in [0.05, 0.1) is 5.41 Å². The summed E-state index contributed by atoms with van der Waals surface area (Å²) >= 11 is 0. The van der Waals surface area contributed by atoms with E-state index in [0.29, 0.717) is 12.5 Å². The van der Waals surface area contributed by atoms with Gasteiger partial charge in [-0.1, -0.05) is 19.1 Å². The fraction of sp³-hybridized carbons (Fsp3) is 0.588. The second kappa shape index (κ2) is 5.21. The highest BCUT2D eigenvalue weighted by molar-refractivity contribution is 5.97. The SMILES string of the molecule is CC1CC(CN)(C(=O)Nc2cccc3c2CCCC3)C1. The number of rotatable bonds is 3. The van der Waals surface area contributed by atoms with Crippen LogP contribution in [0.4, 0.5) is 5.69 Å². The fourth-order valence-electron chi connectivity index (χ4n) is 3.87. The summed E-state index contributed by atoms with van der Waals surface area (Å²) in [6, 6.07) is 6.28. The molecule has 3 nitrogen and oxygen atoms in total. The fourth-order valence-corrected chi connectivity index (χ4v) is 3.87. The van der Waals surface area contributed by atoms with Crippen molar-refractivity contribution in [2.75, 3.05) is 11.9 Å². The molecule has 0 heterocycles. The molecule has 1 aromatic rings. The molecule has 0 bridgehead atoms. The minimum absolute atomic E-state index is 0.122.